The smallest absolute Gasteiger partial charge is 0.309 e. The van der Waals surface area contributed by atoms with Crippen LogP contribution in [0.4, 0.5) is 13.2 Å². The summed E-state index contributed by atoms with van der Waals surface area (Å²) in [5, 5.41) is 0. The summed E-state index contributed by atoms with van der Waals surface area (Å²) in [4.78, 5) is 2.10. The van der Waals surface area contributed by atoms with E-state index in [9.17, 15) is 21.6 Å². The van der Waals surface area contributed by atoms with Crippen LogP contribution in [-0.2, 0) is 16.2 Å². The Morgan fingerprint density at radius 3 is 2.00 bits per heavy atom. The molecule has 0 aliphatic heterocycles. The highest BCUT2D eigenvalue weighted by atomic mass is 32.2. The number of unbranched alkanes of at least 4 members (excludes halogenated alkanes) is 1. The summed E-state index contributed by atoms with van der Waals surface area (Å²) < 4.78 is 64.8. The van der Waals surface area contributed by atoms with Gasteiger partial charge in [0.2, 0.25) is 10.0 Å². The number of hydrogen-bond donors (Lipinski definition) is 0. The molecule has 1 fully saturated rings. The zero-order chi connectivity index (χ0) is 21.7. The number of rotatable bonds is 9. The molecular weight excluding hydrogens is 401 g/mol. The Kier molecular flexibility index (Phi) is 8.55. The maximum atomic E-state index is 12.7. The number of benzene rings is 1. The second-order valence-corrected chi connectivity index (χ2v) is 10.5. The van der Waals surface area contributed by atoms with Gasteiger partial charge in [-0.3, -0.25) is 0 Å². The van der Waals surface area contributed by atoms with Gasteiger partial charge in [-0.25, -0.2) is 12.7 Å². The maximum absolute atomic E-state index is 12.7. The van der Waals surface area contributed by atoms with Crippen molar-refractivity contribution in [1.82, 2.24) is 9.21 Å². The van der Waals surface area contributed by atoms with Gasteiger partial charge in [-0.1, -0.05) is 25.7 Å². The van der Waals surface area contributed by atoms with Gasteiger partial charge >= 0.3 is 6.18 Å². The lowest BCUT2D eigenvalue weighted by Crippen LogP contribution is -2.33. The third-order valence-corrected chi connectivity index (χ3v) is 7.68. The molecule has 0 aromatic heterocycles. The van der Waals surface area contributed by atoms with E-state index in [0.29, 0.717) is 12.5 Å². The quantitative estimate of drug-likeness (QED) is 0.521. The summed E-state index contributed by atoms with van der Waals surface area (Å²) in [5.74, 6) is 1.03. The molecule has 1 aliphatic carbocycles. The van der Waals surface area contributed by atoms with Crippen molar-refractivity contribution in [3.63, 3.8) is 0 Å². The van der Waals surface area contributed by atoms with Crippen LogP contribution < -0.4 is 0 Å². The molecule has 0 spiro atoms. The van der Waals surface area contributed by atoms with E-state index in [2.05, 4.69) is 19.0 Å². The van der Waals surface area contributed by atoms with E-state index in [0.717, 1.165) is 62.4 Å². The molecule has 29 heavy (non-hydrogen) atoms. The van der Waals surface area contributed by atoms with Gasteiger partial charge < -0.3 is 4.90 Å². The van der Waals surface area contributed by atoms with Crippen molar-refractivity contribution in [2.24, 2.45) is 11.8 Å². The average molecular weight is 435 g/mol. The Morgan fingerprint density at radius 2 is 1.48 bits per heavy atom. The van der Waals surface area contributed by atoms with Crippen molar-refractivity contribution < 1.29 is 21.6 Å². The number of hydrogen-bond acceptors (Lipinski definition) is 3. The molecule has 0 N–H and O–H groups in total. The molecule has 0 amide bonds. The van der Waals surface area contributed by atoms with E-state index < -0.39 is 21.8 Å². The largest absolute Gasteiger partial charge is 0.416 e. The van der Waals surface area contributed by atoms with Gasteiger partial charge in [0.1, 0.15) is 0 Å². The van der Waals surface area contributed by atoms with Crippen LogP contribution in [0.1, 0.15) is 50.5 Å². The molecule has 4 nitrogen and oxygen atoms in total. The number of halogens is 3. The summed E-state index contributed by atoms with van der Waals surface area (Å²) in [6.45, 7) is 1.53. The van der Waals surface area contributed by atoms with Crippen LogP contribution in [0.3, 0.4) is 0 Å². The van der Waals surface area contributed by atoms with Crippen LogP contribution in [0.2, 0.25) is 0 Å². The summed E-state index contributed by atoms with van der Waals surface area (Å²) in [5.41, 5.74) is -0.844. The number of nitrogens with zero attached hydrogens (tertiary/aromatic N) is 2. The fourth-order valence-electron chi connectivity index (χ4n) is 4.02. The molecule has 1 aromatic carbocycles. The van der Waals surface area contributed by atoms with Crippen LogP contribution >= 0.6 is 0 Å². The summed E-state index contributed by atoms with van der Waals surface area (Å²) in [6.07, 6.45) is 3.47. The lowest BCUT2D eigenvalue weighted by atomic mass is 9.80. The van der Waals surface area contributed by atoms with E-state index in [1.54, 1.807) is 0 Å². The minimum Gasteiger partial charge on any atom is -0.309 e. The first-order valence-electron chi connectivity index (χ1n) is 10.3. The fraction of sp³-hybridized carbons (Fsp3) is 0.714. The third kappa shape index (κ3) is 7.26. The second-order valence-electron chi connectivity index (χ2n) is 8.49. The molecule has 1 aliphatic rings. The predicted octanol–water partition coefficient (Wildman–Crippen LogP) is 4.86. The highest BCUT2D eigenvalue weighted by molar-refractivity contribution is 7.89. The average Bonchev–Trinajstić information content (AvgIpc) is 2.65. The van der Waals surface area contributed by atoms with E-state index in [-0.39, 0.29) is 4.90 Å². The first-order valence-corrected chi connectivity index (χ1v) is 11.7. The van der Waals surface area contributed by atoms with Gasteiger partial charge in [-0.15, -0.1) is 0 Å². The Morgan fingerprint density at radius 1 is 0.931 bits per heavy atom. The molecule has 2 rings (SSSR count). The first-order chi connectivity index (χ1) is 13.5. The monoisotopic (exact) mass is 434 g/mol. The van der Waals surface area contributed by atoms with Gasteiger partial charge in [0.15, 0.2) is 0 Å². The molecule has 0 heterocycles. The van der Waals surface area contributed by atoms with E-state index in [1.165, 1.54) is 30.6 Å². The fourth-order valence-corrected chi connectivity index (χ4v) is 5.27. The van der Waals surface area contributed by atoms with Crippen molar-refractivity contribution in [2.45, 2.75) is 56.0 Å². The highest BCUT2D eigenvalue weighted by Gasteiger charge is 2.32. The van der Waals surface area contributed by atoms with Crippen LogP contribution in [0, 0.1) is 11.8 Å². The van der Waals surface area contributed by atoms with Crippen molar-refractivity contribution >= 4 is 10.0 Å². The third-order valence-electron chi connectivity index (χ3n) is 5.84. The molecule has 0 radical (unpaired) electrons. The Balaban J connectivity index is 1.83. The van der Waals surface area contributed by atoms with Crippen LogP contribution in [0.15, 0.2) is 29.2 Å². The van der Waals surface area contributed by atoms with E-state index in [4.69, 9.17) is 0 Å². The zero-order valence-electron chi connectivity index (χ0n) is 17.6. The summed E-state index contributed by atoms with van der Waals surface area (Å²) in [7, 11) is 1.90. The van der Waals surface area contributed by atoms with Crippen molar-refractivity contribution in [3.05, 3.63) is 29.8 Å². The lowest BCUT2D eigenvalue weighted by molar-refractivity contribution is -0.137. The number of sulfonamides is 1. The molecule has 166 valence electrons. The standard InChI is InChI=1S/C21H33F3N2O2S/c1-25(2)15-5-4-6-17-7-9-18(10-8-17)16-26(3)29(27,28)20-13-11-19(12-14-20)21(22,23)24/h11-14,17-18H,4-10,15-16H2,1-3H3. The topological polar surface area (TPSA) is 40.6 Å². The first kappa shape index (κ1) is 24.2. The van der Waals surface area contributed by atoms with Gasteiger partial charge in [0.25, 0.3) is 0 Å². The van der Waals surface area contributed by atoms with Gasteiger partial charge in [0.05, 0.1) is 10.5 Å². The normalized spacial score (nSPS) is 21.1. The minimum atomic E-state index is -4.47. The minimum absolute atomic E-state index is 0.0948. The van der Waals surface area contributed by atoms with E-state index >= 15 is 0 Å². The Labute approximate surface area is 173 Å². The van der Waals surface area contributed by atoms with Crippen molar-refractivity contribution in [1.29, 1.82) is 0 Å². The van der Waals surface area contributed by atoms with E-state index in [1.807, 2.05) is 0 Å². The second kappa shape index (κ2) is 10.3. The van der Waals surface area contributed by atoms with Crippen molar-refractivity contribution in [2.75, 3.05) is 34.2 Å². The van der Waals surface area contributed by atoms with Crippen molar-refractivity contribution in [3.8, 4) is 0 Å². The Hall–Kier alpha value is -1.12. The molecule has 8 heteroatoms. The van der Waals surface area contributed by atoms with Gasteiger partial charge in [-0.2, -0.15) is 13.2 Å². The SMILES string of the molecule is CN(C)CCCCC1CCC(CN(C)S(=O)(=O)c2ccc(C(F)(F)F)cc2)CC1. The van der Waals surface area contributed by atoms with Crippen LogP contribution in [0.5, 0.6) is 0 Å². The zero-order valence-corrected chi connectivity index (χ0v) is 18.4. The van der Waals surface area contributed by atoms with Crippen LogP contribution in [0.25, 0.3) is 0 Å². The molecule has 1 saturated carbocycles. The lowest BCUT2D eigenvalue weighted by Gasteiger charge is -2.31. The van der Waals surface area contributed by atoms with Gasteiger partial charge in [0, 0.05) is 13.6 Å². The molecule has 0 unspecified atom stereocenters. The molecule has 0 bridgehead atoms. The van der Waals surface area contributed by atoms with Gasteiger partial charge in [-0.05, 0) is 76.0 Å². The maximum Gasteiger partial charge on any atom is 0.416 e. The highest BCUT2D eigenvalue weighted by Crippen LogP contribution is 2.33. The van der Waals surface area contributed by atoms with Crippen LogP contribution in [-0.4, -0.2) is 51.9 Å². The number of alkyl halides is 3. The molecule has 0 atom stereocenters. The summed E-state index contributed by atoms with van der Waals surface area (Å²) in [6, 6.07) is 3.73. The predicted molar refractivity (Wildman–Crippen MR) is 109 cm³/mol. The molecule has 0 saturated heterocycles. The Bertz CT molecular complexity index is 725. The molecule has 1 aromatic rings. The summed E-state index contributed by atoms with van der Waals surface area (Å²) >= 11 is 0. The molecular formula is C21H33F3N2O2S.